The molecule has 1 N–H and O–H groups in total. The molecule has 0 amide bonds. The van der Waals surface area contributed by atoms with Crippen molar-refractivity contribution in [1.82, 2.24) is 20.2 Å². The van der Waals surface area contributed by atoms with Gasteiger partial charge in [-0.1, -0.05) is 15.9 Å². The molecule has 102 valence electrons. The average Bonchev–Trinajstić information content (AvgIpc) is 2.73. The SMILES string of the molecule is Cn1nnc(CNc2ccc(Br)cc2OC(F)F)n1. The van der Waals surface area contributed by atoms with Gasteiger partial charge in [0, 0.05) is 4.47 Å². The van der Waals surface area contributed by atoms with Crippen molar-refractivity contribution in [3.63, 3.8) is 0 Å². The Balaban J connectivity index is 2.10. The van der Waals surface area contributed by atoms with Crippen LogP contribution in [0.2, 0.25) is 0 Å². The van der Waals surface area contributed by atoms with Gasteiger partial charge in [0.25, 0.3) is 0 Å². The fourth-order valence-electron chi connectivity index (χ4n) is 1.40. The maximum atomic E-state index is 12.3. The zero-order valence-corrected chi connectivity index (χ0v) is 11.4. The highest BCUT2D eigenvalue weighted by Crippen LogP contribution is 2.29. The minimum absolute atomic E-state index is 0.0493. The van der Waals surface area contributed by atoms with Crippen LogP contribution in [0.5, 0.6) is 5.75 Å². The molecule has 19 heavy (non-hydrogen) atoms. The van der Waals surface area contributed by atoms with Crippen LogP contribution in [0.1, 0.15) is 5.82 Å². The zero-order chi connectivity index (χ0) is 13.8. The molecule has 0 fully saturated rings. The van der Waals surface area contributed by atoms with E-state index >= 15 is 0 Å². The molecule has 1 heterocycles. The van der Waals surface area contributed by atoms with Crippen LogP contribution in [-0.2, 0) is 13.6 Å². The molecule has 0 unspecified atom stereocenters. The summed E-state index contributed by atoms with van der Waals surface area (Å²) in [5, 5.41) is 14.3. The van der Waals surface area contributed by atoms with Gasteiger partial charge < -0.3 is 10.1 Å². The van der Waals surface area contributed by atoms with E-state index in [0.29, 0.717) is 16.0 Å². The molecular formula is C10H10BrF2N5O. The fraction of sp³-hybridized carbons (Fsp3) is 0.300. The smallest absolute Gasteiger partial charge is 0.387 e. The average molecular weight is 334 g/mol. The number of tetrazole rings is 1. The predicted molar refractivity (Wildman–Crippen MR) is 66.9 cm³/mol. The van der Waals surface area contributed by atoms with E-state index in [-0.39, 0.29) is 12.3 Å². The number of aromatic nitrogens is 4. The van der Waals surface area contributed by atoms with Crippen LogP contribution >= 0.6 is 15.9 Å². The van der Waals surface area contributed by atoms with E-state index in [2.05, 4.69) is 41.4 Å². The minimum Gasteiger partial charge on any atom is -0.433 e. The first kappa shape index (κ1) is 13.7. The van der Waals surface area contributed by atoms with Crippen molar-refractivity contribution in [2.24, 2.45) is 7.05 Å². The van der Waals surface area contributed by atoms with E-state index in [4.69, 9.17) is 0 Å². The Hall–Kier alpha value is -1.77. The predicted octanol–water partition coefficient (Wildman–Crippen LogP) is 2.19. The normalized spacial score (nSPS) is 10.8. The van der Waals surface area contributed by atoms with Crippen LogP contribution in [0.25, 0.3) is 0 Å². The first-order valence-electron chi connectivity index (χ1n) is 5.25. The maximum Gasteiger partial charge on any atom is 0.387 e. The number of hydrogen-bond donors (Lipinski definition) is 1. The van der Waals surface area contributed by atoms with Crippen molar-refractivity contribution < 1.29 is 13.5 Å². The first-order chi connectivity index (χ1) is 9.04. The highest BCUT2D eigenvalue weighted by atomic mass is 79.9. The molecule has 9 heteroatoms. The van der Waals surface area contributed by atoms with Gasteiger partial charge in [-0.25, -0.2) is 0 Å². The van der Waals surface area contributed by atoms with Gasteiger partial charge in [-0.3, -0.25) is 0 Å². The number of rotatable bonds is 5. The Morgan fingerprint density at radius 1 is 1.47 bits per heavy atom. The van der Waals surface area contributed by atoms with Gasteiger partial charge in [0.05, 0.1) is 19.3 Å². The van der Waals surface area contributed by atoms with Crippen molar-refractivity contribution in [2.75, 3.05) is 5.32 Å². The number of nitrogens with one attached hydrogen (secondary N) is 1. The van der Waals surface area contributed by atoms with Crippen LogP contribution < -0.4 is 10.1 Å². The number of aryl methyl sites for hydroxylation is 1. The molecule has 0 aliphatic carbocycles. The molecule has 0 aliphatic rings. The van der Waals surface area contributed by atoms with Crippen LogP contribution in [-0.4, -0.2) is 26.8 Å². The van der Waals surface area contributed by atoms with E-state index in [1.165, 1.54) is 10.9 Å². The van der Waals surface area contributed by atoms with E-state index in [1.807, 2.05) is 0 Å². The molecule has 2 rings (SSSR count). The summed E-state index contributed by atoms with van der Waals surface area (Å²) in [6.45, 7) is -2.63. The van der Waals surface area contributed by atoms with Gasteiger partial charge in [-0.15, -0.1) is 10.2 Å². The molecule has 0 radical (unpaired) electrons. The minimum atomic E-state index is -2.88. The van der Waals surface area contributed by atoms with Crippen molar-refractivity contribution in [2.45, 2.75) is 13.2 Å². The molecule has 0 saturated heterocycles. The monoisotopic (exact) mass is 333 g/mol. The maximum absolute atomic E-state index is 12.3. The second-order valence-corrected chi connectivity index (χ2v) is 4.48. The summed E-state index contributed by atoms with van der Waals surface area (Å²) in [6.07, 6.45) is 0. The summed E-state index contributed by atoms with van der Waals surface area (Å²) < 4.78 is 29.7. The van der Waals surface area contributed by atoms with Crippen LogP contribution in [0, 0.1) is 0 Å². The lowest BCUT2D eigenvalue weighted by Gasteiger charge is -2.12. The second kappa shape index (κ2) is 5.91. The molecule has 0 atom stereocenters. The Bertz CT molecular complexity index is 563. The van der Waals surface area contributed by atoms with E-state index < -0.39 is 6.61 Å². The summed E-state index contributed by atoms with van der Waals surface area (Å²) in [5.41, 5.74) is 0.427. The van der Waals surface area contributed by atoms with Crippen LogP contribution in [0.4, 0.5) is 14.5 Å². The highest BCUT2D eigenvalue weighted by molar-refractivity contribution is 9.10. The van der Waals surface area contributed by atoms with Gasteiger partial charge in [-0.05, 0) is 23.4 Å². The van der Waals surface area contributed by atoms with Gasteiger partial charge in [0.2, 0.25) is 0 Å². The van der Waals surface area contributed by atoms with Gasteiger partial charge >= 0.3 is 6.61 Å². The summed E-state index contributed by atoms with van der Waals surface area (Å²) in [7, 11) is 1.64. The number of nitrogens with zero attached hydrogens (tertiary/aromatic N) is 4. The number of halogens is 3. The largest absolute Gasteiger partial charge is 0.433 e. The molecule has 0 saturated carbocycles. The Kier molecular flexibility index (Phi) is 4.25. The zero-order valence-electron chi connectivity index (χ0n) is 9.85. The van der Waals surface area contributed by atoms with Gasteiger partial charge in [0.1, 0.15) is 5.75 Å². The van der Waals surface area contributed by atoms with Gasteiger partial charge in [-0.2, -0.15) is 13.6 Å². The molecule has 1 aromatic carbocycles. The molecular weight excluding hydrogens is 324 g/mol. The van der Waals surface area contributed by atoms with E-state index in [9.17, 15) is 8.78 Å². The lowest BCUT2D eigenvalue weighted by molar-refractivity contribution is -0.0494. The summed E-state index contributed by atoms with van der Waals surface area (Å²) in [6, 6.07) is 4.79. The number of alkyl halides is 2. The lowest BCUT2D eigenvalue weighted by Crippen LogP contribution is -2.07. The molecule has 6 nitrogen and oxygen atoms in total. The third kappa shape index (κ3) is 3.85. The van der Waals surface area contributed by atoms with Crippen LogP contribution in [0.15, 0.2) is 22.7 Å². The summed E-state index contributed by atoms with van der Waals surface area (Å²) >= 11 is 3.19. The molecule has 1 aromatic heterocycles. The fourth-order valence-corrected chi connectivity index (χ4v) is 1.74. The standard InChI is InChI=1S/C10H10BrF2N5O/c1-18-16-9(15-17-18)5-14-7-3-2-6(11)4-8(7)19-10(12)13/h2-4,10,14H,5H2,1H3. The number of anilines is 1. The molecule has 0 spiro atoms. The highest BCUT2D eigenvalue weighted by Gasteiger charge is 2.11. The number of benzene rings is 1. The van der Waals surface area contributed by atoms with Crippen LogP contribution in [0.3, 0.4) is 0 Å². The van der Waals surface area contributed by atoms with Crippen molar-refractivity contribution in [1.29, 1.82) is 0 Å². The number of ether oxygens (including phenoxy) is 1. The topological polar surface area (TPSA) is 64.9 Å². The first-order valence-corrected chi connectivity index (χ1v) is 6.05. The van der Waals surface area contributed by atoms with Gasteiger partial charge in [0.15, 0.2) is 5.82 Å². The number of hydrogen-bond acceptors (Lipinski definition) is 5. The Morgan fingerprint density at radius 3 is 2.89 bits per heavy atom. The van der Waals surface area contributed by atoms with E-state index in [1.54, 1.807) is 19.2 Å². The molecule has 0 bridgehead atoms. The van der Waals surface area contributed by atoms with Crippen molar-refractivity contribution in [3.8, 4) is 5.75 Å². The Labute approximate surface area is 115 Å². The molecule has 2 aromatic rings. The quantitative estimate of drug-likeness (QED) is 0.908. The van der Waals surface area contributed by atoms with Crippen molar-refractivity contribution >= 4 is 21.6 Å². The summed E-state index contributed by atoms with van der Waals surface area (Å²) in [4.78, 5) is 1.31. The Morgan fingerprint density at radius 2 is 2.26 bits per heavy atom. The second-order valence-electron chi connectivity index (χ2n) is 3.57. The van der Waals surface area contributed by atoms with E-state index in [0.717, 1.165) is 0 Å². The third-order valence-corrected chi connectivity index (χ3v) is 2.64. The third-order valence-electron chi connectivity index (χ3n) is 2.15. The summed E-state index contributed by atoms with van der Waals surface area (Å²) in [5.74, 6) is 0.502. The lowest BCUT2D eigenvalue weighted by atomic mass is 10.3. The van der Waals surface area contributed by atoms with Crippen molar-refractivity contribution in [3.05, 3.63) is 28.5 Å². The molecule has 0 aliphatic heterocycles.